The maximum absolute atomic E-state index is 13.1. The van der Waals surface area contributed by atoms with Crippen LogP contribution in [0.4, 0.5) is 8.78 Å². The van der Waals surface area contributed by atoms with Gasteiger partial charge in [-0.15, -0.1) is 0 Å². The van der Waals surface area contributed by atoms with Gasteiger partial charge in [0.2, 0.25) is 5.91 Å². The van der Waals surface area contributed by atoms with E-state index >= 15 is 0 Å². The molecule has 2 aromatic rings. The molecule has 1 atom stereocenters. The molecule has 0 spiro atoms. The zero-order chi connectivity index (χ0) is 16.1. The fourth-order valence-electron chi connectivity index (χ4n) is 1.99. The summed E-state index contributed by atoms with van der Waals surface area (Å²) < 4.78 is 26.2. The largest absolute Gasteiger partial charge is 0.368 e. The molecule has 0 bridgehead atoms. The molecule has 0 saturated carbocycles. The first-order chi connectivity index (χ1) is 10.5. The van der Waals surface area contributed by atoms with Crippen molar-refractivity contribution in [2.24, 2.45) is 5.73 Å². The van der Waals surface area contributed by atoms with E-state index in [0.717, 1.165) is 6.07 Å². The second kappa shape index (κ2) is 6.80. The minimum Gasteiger partial charge on any atom is -0.368 e. The Labute approximate surface area is 125 Å². The zero-order valence-electron chi connectivity index (χ0n) is 11.6. The van der Waals surface area contributed by atoms with Crippen LogP contribution in [0.15, 0.2) is 48.5 Å². The van der Waals surface area contributed by atoms with Crippen LogP contribution < -0.4 is 11.1 Å². The Kier molecular flexibility index (Phi) is 4.83. The van der Waals surface area contributed by atoms with Gasteiger partial charge in [0.1, 0.15) is 17.7 Å². The van der Waals surface area contributed by atoms with Gasteiger partial charge in [0.05, 0.1) is 0 Å². The van der Waals surface area contributed by atoms with Crippen LogP contribution >= 0.6 is 0 Å². The van der Waals surface area contributed by atoms with Crippen LogP contribution in [0.25, 0.3) is 0 Å². The highest BCUT2D eigenvalue weighted by atomic mass is 19.1. The summed E-state index contributed by atoms with van der Waals surface area (Å²) in [4.78, 5) is 23.5. The summed E-state index contributed by atoms with van der Waals surface area (Å²) in [5, 5.41) is 2.43. The van der Waals surface area contributed by atoms with Crippen LogP contribution in [0.2, 0.25) is 0 Å². The van der Waals surface area contributed by atoms with Gasteiger partial charge in [-0.25, -0.2) is 8.78 Å². The molecule has 6 heteroatoms. The molecule has 0 radical (unpaired) electrons. The molecule has 0 unspecified atom stereocenters. The van der Waals surface area contributed by atoms with E-state index in [1.165, 1.54) is 36.4 Å². The Morgan fingerprint density at radius 2 is 1.68 bits per heavy atom. The molecule has 0 aliphatic carbocycles. The maximum atomic E-state index is 13.1. The third kappa shape index (κ3) is 4.12. The maximum Gasteiger partial charge on any atom is 0.252 e. The van der Waals surface area contributed by atoms with Crippen molar-refractivity contribution < 1.29 is 18.4 Å². The fourth-order valence-corrected chi connectivity index (χ4v) is 1.99. The SMILES string of the molecule is NC(=O)[C@@H](Cc1cccc(F)c1)NC(=O)c1cccc(F)c1. The number of hydrogen-bond acceptors (Lipinski definition) is 2. The third-order valence-corrected chi connectivity index (χ3v) is 3.06. The van der Waals surface area contributed by atoms with Crippen molar-refractivity contribution in [2.75, 3.05) is 0 Å². The first-order valence-corrected chi connectivity index (χ1v) is 6.56. The Morgan fingerprint density at radius 1 is 1.05 bits per heavy atom. The van der Waals surface area contributed by atoms with Gasteiger partial charge in [-0.2, -0.15) is 0 Å². The molecule has 0 aromatic heterocycles. The number of hydrogen-bond donors (Lipinski definition) is 2. The Morgan fingerprint density at radius 3 is 2.27 bits per heavy atom. The lowest BCUT2D eigenvalue weighted by molar-refractivity contribution is -0.119. The number of rotatable bonds is 5. The number of amides is 2. The summed E-state index contributed by atoms with van der Waals surface area (Å²) in [6, 6.07) is 9.68. The van der Waals surface area contributed by atoms with Gasteiger partial charge >= 0.3 is 0 Å². The van der Waals surface area contributed by atoms with E-state index in [1.807, 2.05) is 0 Å². The van der Waals surface area contributed by atoms with Crippen molar-refractivity contribution in [1.29, 1.82) is 0 Å². The van der Waals surface area contributed by atoms with Gasteiger partial charge in [-0.05, 0) is 35.9 Å². The lowest BCUT2D eigenvalue weighted by Crippen LogP contribution is -2.45. The minimum absolute atomic E-state index is 0.0498. The van der Waals surface area contributed by atoms with Crippen LogP contribution in [0.5, 0.6) is 0 Å². The molecule has 22 heavy (non-hydrogen) atoms. The topological polar surface area (TPSA) is 72.2 Å². The number of carbonyl (C=O) groups excluding carboxylic acids is 2. The first-order valence-electron chi connectivity index (χ1n) is 6.56. The van der Waals surface area contributed by atoms with E-state index in [0.29, 0.717) is 5.56 Å². The molecule has 0 saturated heterocycles. The van der Waals surface area contributed by atoms with Gasteiger partial charge in [0, 0.05) is 12.0 Å². The number of carbonyl (C=O) groups is 2. The number of primary amides is 1. The van der Waals surface area contributed by atoms with Crippen molar-refractivity contribution in [3.05, 3.63) is 71.3 Å². The van der Waals surface area contributed by atoms with Crippen LogP contribution in [-0.4, -0.2) is 17.9 Å². The lowest BCUT2D eigenvalue weighted by atomic mass is 10.0. The summed E-state index contributed by atoms with van der Waals surface area (Å²) in [6.45, 7) is 0. The minimum atomic E-state index is -1.02. The second-order valence-corrected chi connectivity index (χ2v) is 4.77. The molecule has 0 fully saturated rings. The highest BCUT2D eigenvalue weighted by Gasteiger charge is 2.19. The van der Waals surface area contributed by atoms with E-state index in [1.54, 1.807) is 6.07 Å². The molecule has 4 nitrogen and oxygen atoms in total. The van der Waals surface area contributed by atoms with Crippen molar-refractivity contribution in [3.63, 3.8) is 0 Å². The quantitative estimate of drug-likeness (QED) is 0.884. The second-order valence-electron chi connectivity index (χ2n) is 4.77. The first kappa shape index (κ1) is 15.6. The van der Waals surface area contributed by atoms with Crippen LogP contribution in [0.1, 0.15) is 15.9 Å². The smallest absolute Gasteiger partial charge is 0.252 e. The molecule has 114 valence electrons. The highest BCUT2D eigenvalue weighted by Crippen LogP contribution is 2.08. The van der Waals surface area contributed by atoms with E-state index in [9.17, 15) is 18.4 Å². The molecule has 2 amide bonds. The van der Waals surface area contributed by atoms with E-state index in [4.69, 9.17) is 5.73 Å². The molecular formula is C16H14F2N2O2. The summed E-state index contributed by atoms with van der Waals surface area (Å²) in [5.41, 5.74) is 5.85. The molecule has 3 N–H and O–H groups in total. The van der Waals surface area contributed by atoms with Gasteiger partial charge in [0.15, 0.2) is 0 Å². The van der Waals surface area contributed by atoms with Gasteiger partial charge in [-0.1, -0.05) is 18.2 Å². The van der Waals surface area contributed by atoms with Crippen LogP contribution in [-0.2, 0) is 11.2 Å². The predicted octanol–water partition coefficient (Wildman–Crippen LogP) is 1.79. The molecule has 2 rings (SSSR count). The number of nitrogens with one attached hydrogen (secondary N) is 1. The summed E-state index contributed by atoms with van der Waals surface area (Å²) in [7, 11) is 0. The van der Waals surface area contributed by atoms with Crippen LogP contribution in [0.3, 0.4) is 0 Å². The standard InChI is InChI=1S/C16H14F2N2O2/c17-12-5-1-3-10(7-12)8-14(15(19)21)20-16(22)11-4-2-6-13(18)9-11/h1-7,9,14H,8H2,(H2,19,21)(H,20,22)/t14-/m1/s1. The number of halogens is 2. The normalized spacial score (nSPS) is 11.7. The van der Waals surface area contributed by atoms with E-state index in [2.05, 4.69) is 5.32 Å². The van der Waals surface area contributed by atoms with Crippen molar-refractivity contribution >= 4 is 11.8 Å². The van der Waals surface area contributed by atoms with Crippen molar-refractivity contribution in [2.45, 2.75) is 12.5 Å². The molecule has 0 heterocycles. The van der Waals surface area contributed by atoms with Gasteiger partial charge in [0.25, 0.3) is 5.91 Å². The Hall–Kier alpha value is -2.76. The van der Waals surface area contributed by atoms with Crippen LogP contribution in [0, 0.1) is 11.6 Å². The molecular weight excluding hydrogens is 290 g/mol. The molecule has 2 aromatic carbocycles. The average Bonchev–Trinajstić information content (AvgIpc) is 2.46. The Bertz CT molecular complexity index is 704. The fraction of sp³-hybridized carbons (Fsp3) is 0.125. The predicted molar refractivity (Wildman–Crippen MR) is 77.0 cm³/mol. The summed E-state index contributed by atoms with van der Waals surface area (Å²) >= 11 is 0. The van der Waals surface area contributed by atoms with Crippen molar-refractivity contribution in [1.82, 2.24) is 5.32 Å². The van der Waals surface area contributed by atoms with Gasteiger partial charge in [-0.3, -0.25) is 9.59 Å². The third-order valence-electron chi connectivity index (χ3n) is 3.06. The van der Waals surface area contributed by atoms with Gasteiger partial charge < -0.3 is 11.1 Å². The Balaban J connectivity index is 2.12. The zero-order valence-corrected chi connectivity index (χ0v) is 11.6. The molecule has 0 aliphatic heterocycles. The summed E-state index contributed by atoms with van der Waals surface area (Å²) in [5.74, 6) is -2.39. The number of nitrogens with two attached hydrogens (primary N) is 1. The summed E-state index contributed by atoms with van der Waals surface area (Å²) in [6.07, 6.45) is 0.0498. The highest BCUT2D eigenvalue weighted by molar-refractivity contribution is 5.97. The monoisotopic (exact) mass is 304 g/mol. The van der Waals surface area contributed by atoms with E-state index in [-0.39, 0.29) is 12.0 Å². The average molecular weight is 304 g/mol. The van der Waals surface area contributed by atoms with Crippen molar-refractivity contribution in [3.8, 4) is 0 Å². The molecule has 0 aliphatic rings. The van der Waals surface area contributed by atoms with E-state index < -0.39 is 29.5 Å². The lowest BCUT2D eigenvalue weighted by Gasteiger charge is -2.15. The number of benzene rings is 2.